The number of nitrogens with one attached hydrogen (secondary N) is 2. The van der Waals surface area contributed by atoms with Gasteiger partial charge in [0.2, 0.25) is 0 Å². The third kappa shape index (κ3) is 5.53. The van der Waals surface area contributed by atoms with Crippen molar-refractivity contribution in [3.8, 4) is 5.75 Å². The summed E-state index contributed by atoms with van der Waals surface area (Å²) in [6, 6.07) is 16.6. The molecular formula is C20H26N2OS. The van der Waals surface area contributed by atoms with Crippen molar-refractivity contribution in [2.24, 2.45) is 0 Å². The zero-order chi connectivity index (χ0) is 17.4. The van der Waals surface area contributed by atoms with Crippen molar-refractivity contribution in [1.29, 1.82) is 0 Å². The Morgan fingerprint density at radius 1 is 1.17 bits per heavy atom. The van der Waals surface area contributed by atoms with Gasteiger partial charge in [-0.15, -0.1) is 0 Å². The second kappa shape index (κ2) is 9.28. The summed E-state index contributed by atoms with van der Waals surface area (Å²) in [5.41, 5.74) is 3.50. The van der Waals surface area contributed by atoms with Gasteiger partial charge < -0.3 is 15.4 Å². The molecule has 0 saturated carbocycles. The summed E-state index contributed by atoms with van der Waals surface area (Å²) in [4.78, 5) is 0. The lowest BCUT2D eigenvalue weighted by molar-refractivity contribution is 0.413. The van der Waals surface area contributed by atoms with Crippen LogP contribution in [0.2, 0.25) is 0 Å². The van der Waals surface area contributed by atoms with Gasteiger partial charge in [-0.05, 0) is 67.4 Å². The number of thiocarbonyl (C=S) groups is 1. The number of aryl methyl sites for hydroxylation is 1. The number of methoxy groups -OCH3 is 1. The lowest BCUT2D eigenvalue weighted by Gasteiger charge is -2.18. The fourth-order valence-electron chi connectivity index (χ4n) is 2.49. The van der Waals surface area contributed by atoms with Crippen LogP contribution in [0.3, 0.4) is 0 Å². The topological polar surface area (TPSA) is 33.3 Å². The van der Waals surface area contributed by atoms with Crippen molar-refractivity contribution in [2.75, 3.05) is 12.4 Å². The predicted octanol–water partition coefficient (Wildman–Crippen LogP) is 5.09. The standard InChI is InChI=1S/C20H26N2OS/c1-4-5-7-16-10-12-18(13-11-16)22-20(24)21-15(2)17-8-6-9-19(14-17)23-3/h6,8-15H,4-5,7H2,1-3H3,(H2,21,22,24). The Bertz CT molecular complexity index is 655. The molecule has 2 N–H and O–H groups in total. The van der Waals surface area contributed by atoms with E-state index in [9.17, 15) is 0 Å². The molecule has 2 aromatic carbocycles. The van der Waals surface area contributed by atoms with E-state index in [1.165, 1.54) is 18.4 Å². The Kier molecular flexibility index (Phi) is 7.07. The van der Waals surface area contributed by atoms with Crippen molar-refractivity contribution in [2.45, 2.75) is 39.2 Å². The molecule has 2 aromatic rings. The molecule has 4 heteroatoms. The minimum Gasteiger partial charge on any atom is -0.497 e. The monoisotopic (exact) mass is 342 g/mol. The van der Waals surface area contributed by atoms with Crippen LogP contribution >= 0.6 is 12.2 Å². The average molecular weight is 343 g/mol. The highest BCUT2D eigenvalue weighted by Crippen LogP contribution is 2.19. The van der Waals surface area contributed by atoms with Crippen molar-refractivity contribution in [3.05, 3.63) is 59.7 Å². The third-order valence-electron chi connectivity index (χ3n) is 3.97. The van der Waals surface area contributed by atoms with Crippen LogP contribution in [0.5, 0.6) is 5.75 Å². The van der Waals surface area contributed by atoms with Gasteiger partial charge >= 0.3 is 0 Å². The molecule has 0 fully saturated rings. The number of ether oxygens (including phenoxy) is 1. The Morgan fingerprint density at radius 3 is 2.58 bits per heavy atom. The first-order valence-corrected chi connectivity index (χ1v) is 8.83. The molecule has 0 spiro atoms. The van der Waals surface area contributed by atoms with Gasteiger partial charge in [-0.25, -0.2) is 0 Å². The second-order valence-electron chi connectivity index (χ2n) is 5.90. The molecule has 0 amide bonds. The normalized spacial score (nSPS) is 11.6. The molecule has 1 unspecified atom stereocenters. The largest absolute Gasteiger partial charge is 0.497 e. The van der Waals surface area contributed by atoms with Crippen molar-refractivity contribution in [3.63, 3.8) is 0 Å². The second-order valence-corrected chi connectivity index (χ2v) is 6.31. The van der Waals surface area contributed by atoms with Gasteiger partial charge in [0.1, 0.15) is 5.75 Å². The molecule has 0 aliphatic carbocycles. The Morgan fingerprint density at radius 2 is 1.92 bits per heavy atom. The van der Waals surface area contributed by atoms with E-state index in [1.54, 1.807) is 7.11 Å². The molecule has 0 saturated heterocycles. The third-order valence-corrected chi connectivity index (χ3v) is 4.19. The van der Waals surface area contributed by atoms with Crippen LogP contribution in [0.25, 0.3) is 0 Å². The first kappa shape index (κ1) is 18.3. The van der Waals surface area contributed by atoms with Crippen molar-refractivity contribution in [1.82, 2.24) is 5.32 Å². The van der Waals surface area contributed by atoms with E-state index in [4.69, 9.17) is 17.0 Å². The van der Waals surface area contributed by atoms with Crippen LogP contribution in [-0.2, 0) is 6.42 Å². The lowest BCUT2D eigenvalue weighted by Crippen LogP contribution is -2.30. The Hall–Kier alpha value is -2.07. The van der Waals surface area contributed by atoms with Gasteiger partial charge in [0.15, 0.2) is 5.11 Å². The summed E-state index contributed by atoms with van der Waals surface area (Å²) in [5, 5.41) is 7.17. The lowest BCUT2D eigenvalue weighted by atomic mass is 10.1. The highest BCUT2D eigenvalue weighted by Gasteiger charge is 2.08. The molecule has 1 atom stereocenters. The van der Waals surface area contributed by atoms with Crippen LogP contribution in [0, 0.1) is 0 Å². The van der Waals surface area contributed by atoms with Crippen molar-refractivity contribution < 1.29 is 4.74 Å². The summed E-state index contributed by atoms with van der Waals surface area (Å²) in [6.07, 6.45) is 3.58. The molecule has 24 heavy (non-hydrogen) atoms. The number of unbranched alkanes of at least 4 members (excludes halogenated alkanes) is 1. The highest BCUT2D eigenvalue weighted by atomic mass is 32.1. The molecule has 0 aliphatic rings. The molecule has 0 aliphatic heterocycles. The summed E-state index contributed by atoms with van der Waals surface area (Å²) >= 11 is 5.42. The molecule has 0 bridgehead atoms. The minimum absolute atomic E-state index is 0.101. The van der Waals surface area contributed by atoms with Crippen molar-refractivity contribution >= 4 is 23.0 Å². The van der Waals surface area contributed by atoms with Gasteiger partial charge in [0, 0.05) is 5.69 Å². The number of benzene rings is 2. The van der Waals surface area contributed by atoms with E-state index in [0.717, 1.165) is 23.4 Å². The number of hydrogen-bond donors (Lipinski definition) is 2. The first-order valence-electron chi connectivity index (χ1n) is 8.42. The zero-order valence-electron chi connectivity index (χ0n) is 14.6. The fraction of sp³-hybridized carbons (Fsp3) is 0.350. The smallest absolute Gasteiger partial charge is 0.171 e. The quantitative estimate of drug-likeness (QED) is 0.687. The predicted molar refractivity (Wildman–Crippen MR) is 106 cm³/mol. The van der Waals surface area contributed by atoms with E-state index in [1.807, 2.05) is 18.2 Å². The van der Waals surface area contributed by atoms with Crippen LogP contribution in [0.4, 0.5) is 5.69 Å². The Labute approximate surface area is 150 Å². The molecular weight excluding hydrogens is 316 g/mol. The molecule has 0 heterocycles. The maximum Gasteiger partial charge on any atom is 0.171 e. The van der Waals surface area contributed by atoms with E-state index < -0.39 is 0 Å². The zero-order valence-corrected chi connectivity index (χ0v) is 15.5. The van der Waals surface area contributed by atoms with Gasteiger partial charge in [-0.1, -0.05) is 37.6 Å². The average Bonchev–Trinajstić information content (AvgIpc) is 2.61. The van der Waals surface area contributed by atoms with Crippen LogP contribution in [0.15, 0.2) is 48.5 Å². The number of anilines is 1. The summed E-state index contributed by atoms with van der Waals surface area (Å²) in [5.74, 6) is 0.850. The van der Waals surface area contributed by atoms with E-state index in [0.29, 0.717) is 5.11 Å². The van der Waals surface area contributed by atoms with E-state index in [-0.39, 0.29) is 6.04 Å². The number of hydrogen-bond acceptors (Lipinski definition) is 2. The fourth-order valence-corrected chi connectivity index (χ4v) is 2.79. The van der Waals surface area contributed by atoms with Crippen LogP contribution in [-0.4, -0.2) is 12.2 Å². The molecule has 0 radical (unpaired) electrons. The van der Waals surface area contributed by atoms with E-state index >= 15 is 0 Å². The number of rotatable bonds is 7. The molecule has 0 aromatic heterocycles. The maximum absolute atomic E-state index is 5.42. The maximum atomic E-state index is 5.42. The Balaban J connectivity index is 1.90. The van der Waals surface area contributed by atoms with Gasteiger partial charge in [-0.2, -0.15) is 0 Å². The van der Waals surface area contributed by atoms with E-state index in [2.05, 4.69) is 54.8 Å². The molecule has 2 rings (SSSR count). The summed E-state index contributed by atoms with van der Waals surface area (Å²) < 4.78 is 5.27. The minimum atomic E-state index is 0.101. The van der Waals surface area contributed by atoms with Crippen LogP contribution in [0.1, 0.15) is 43.9 Å². The first-order chi connectivity index (χ1) is 11.6. The molecule has 3 nitrogen and oxygen atoms in total. The van der Waals surface area contributed by atoms with Crippen LogP contribution < -0.4 is 15.4 Å². The van der Waals surface area contributed by atoms with Gasteiger partial charge in [0.05, 0.1) is 13.2 Å². The SMILES string of the molecule is CCCCc1ccc(NC(=S)NC(C)c2cccc(OC)c2)cc1. The van der Waals surface area contributed by atoms with Gasteiger partial charge in [0.25, 0.3) is 0 Å². The van der Waals surface area contributed by atoms with Gasteiger partial charge in [-0.3, -0.25) is 0 Å². The summed E-state index contributed by atoms with van der Waals surface area (Å²) in [6.45, 7) is 4.29. The molecule has 128 valence electrons. The highest BCUT2D eigenvalue weighted by molar-refractivity contribution is 7.80. The summed E-state index contributed by atoms with van der Waals surface area (Å²) in [7, 11) is 1.67.